The van der Waals surface area contributed by atoms with Crippen LogP contribution in [0.2, 0.25) is 0 Å². The Bertz CT molecular complexity index is 1950. The third-order valence-electron chi connectivity index (χ3n) is 8.97. The van der Waals surface area contributed by atoms with Gasteiger partial charge in [-0.3, -0.25) is 14.4 Å². The SMILES string of the molecule is C=C[C@H]1CC1(NC(=O)[C@@H]1C[C@@H](Oc2cc(-c3csc(NC(C)=O)n3)nc3cc(OC)ccc23)CN1C(=O)[C@@H](NC(=O)OC(C)(C)C)C(C)(C)C)C(=O)O. The first kappa shape index (κ1) is 39.0. The molecule has 2 aromatic heterocycles. The lowest BCUT2D eigenvalue weighted by molar-refractivity contribution is -0.146. The quantitative estimate of drug-likeness (QED) is 0.197. The van der Waals surface area contributed by atoms with Gasteiger partial charge in [0, 0.05) is 42.2 Å². The molecule has 0 spiro atoms. The number of carboxylic acid groups (broad SMARTS) is 1. The third kappa shape index (κ3) is 8.70. The van der Waals surface area contributed by atoms with Crippen molar-refractivity contribution in [3.8, 4) is 22.9 Å². The van der Waals surface area contributed by atoms with E-state index in [-0.39, 0.29) is 25.3 Å². The van der Waals surface area contributed by atoms with Crippen molar-refractivity contribution in [1.82, 2.24) is 25.5 Å². The van der Waals surface area contributed by atoms with Crippen molar-refractivity contribution in [2.45, 2.75) is 90.6 Å². The summed E-state index contributed by atoms with van der Waals surface area (Å²) in [5.41, 5.74) is -1.75. The molecule has 15 nitrogen and oxygen atoms in total. The fourth-order valence-corrected chi connectivity index (χ4v) is 6.99. The van der Waals surface area contributed by atoms with Gasteiger partial charge in [0.15, 0.2) is 5.13 Å². The lowest BCUT2D eigenvalue weighted by atomic mass is 9.85. The molecule has 2 aliphatic rings. The summed E-state index contributed by atoms with van der Waals surface area (Å²) in [6, 6.07) is 4.70. The summed E-state index contributed by atoms with van der Waals surface area (Å²) < 4.78 is 17.5. The predicted octanol–water partition coefficient (Wildman–Crippen LogP) is 4.76. The minimum Gasteiger partial charge on any atom is -0.497 e. The van der Waals surface area contributed by atoms with E-state index in [9.17, 15) is 29.1 Å². The highest BCUT2D eigenvalue weighted by Gasteiger charge is 2.61. The third-order valence-corrected chi connectivity index (χ3v) is 9.73. The van der Waals surface area contributed by atoms with Crippen molar-refractivity contribution < 1.29 is 43.3 Å². The van der Waals surface area contributed by atoms with E-state index in [2.05, 4.69) is 27.5 Å². The van der Waals surface area contributed by atoms with Gasteiger partial charge in [0.1, 0.15) is 46.5 Å². The zero-order valence-corrected chi connectivity index (χ0v) is 31.9. The summed E-state index contributed by atoms with van der Waals surface area (Å²) in [7, 11) is 1.54. The summed E-state index contributed by atoms with van der Waals surface area (Å²) in [6.45, 7) is 15.5. The van der Waals surface area contributed by atoms with Crippen molar-refractivity contribution in [1.29, 1.82) is 0 Å². The van der Waals surface area contributed by atoms with Gasteiger partial charge in [-0.2, -0.15) is 0 Å². The van der Waals surface area contributed by atoms with Crippen LogP contribution < -0.4 is 25.4 Å². The smallest absolute Gasteiger partial charge is 0.408 e. The van der Waals surface area contributed by atoms with Crippen LogP contribution in [0.15, 0.2) is 42.3 Å². The van der Waals surface area contributed by atoms with Crippen molar-refractivity contribution in [2.75, 3.05) is 19.0 Å². The molecular formula is C37H46N6O9S. The number of amides is 4. The van der Waals surface area contributed by atoms with Crippen LogP contribution in [0.4, 0.5) is 9.93 Å². The zero-order chi connectivity index (χ0) is 39.0. The number of methoxy groups -OCH3 is 1. The van der Waals surface area contributed by atoms with Crippen LogP contribution in [-0.4, -0.2) is 92.7 Å². The first-order valence-electron chi connectivity index (χ1n) is 17.1. The van der Waals surface area contributed by atoms with Crippen molar-refractivity contribution in [3.05, 3.63) is 42.3 Å². The number of anilines is 1. The van der Waals surface area contributed by atoms with E-state index in [1.54, 1.807) is 71.2 Å². The van der Waals surface area contributed by atoms with E-state index < -0.39 is 64.5 Å². The van der Waals surface area contributed by atoms with Gasteiger partial charge in [-0.05, 0) is 44.7 Å². The molecule has 53 heavy (non-hydrogen) atoms. The highest BCUT2D eigenvalue weighted by Crippen LogP contribution is 2.45. The van der Waals surface area contributed by atoms with Crippen LogP contribution in [0.25, 0.3) is 22.3 Å². The van der Waals surface area contributed by atoms with E-state index >= 15 is 0 Å². The van der Waals surface area contributed by atoms with Gasteiger partial charge in [0.2, 0.25) is 17.7 Å². The monoisotopic (exact) mass is 750 g/mol. The van der Waals surface area contributed by atoms with Gasteiger partial charge >= 0.3 is 12.1 Å². The van der Waals surface area contributed by atoms with Crippen molar-refractivity contribution in [2.24, 2.45) is 11.3 Å². The zero-order valence-electron chi connectivity index (χ0n) is 31.1. The molecule has 1 aliphatic heterocycles. The van der Waals surface area contributed by atoms with Crippen molar-refractivity contribution >= 4 is 57.2 Å². The highest BCUT2D eigenvalue weighted by atomic mass is 32.1. The average molecular weight is 751 g/mol. The Morgan fingerprint density at radius 2 is 1.81 bits per heavy atom. The molecule has 1 aromatic carbocycles. The van der Waals surface area contributed by atoms with Gasteiger partial charge in [-0.1, -0.05) is 26.8 Å². The summed E-state index contributed by atoms with van der Waals surface area (Å²) >= 11 is 1.23. The lowest BCUT2D eigenvalue weighted by Crippen LogP contribution is -2.59. The van der Waals surface area contributed by atoms with Crippen LogP contribution in [0.5, 0.6) is 11.5 Å². The Labute approximate surface area is 311 Å². The summed E-state index contributed by atoms with van der Waals surface area (Å²) in [5.74, 6) is -2.24. The molecule has 2 fully saturated rings. The molecule has 3 aromatic rings. The molecule has 16 heteroatoms. The molecule has 1 saturated heterocycles. The maximum absolute atomic E-state index is 14.5. The number of hydrogen-bond donors (Lipinski definition) is 4. The number of carbonyl (C=O) groups excluding carboxylic acids is 4. The first-order valence-corrected chi connectivity index (χ1v) is 18.0. The summed E-state index contributed by atoms with van der Waals surface area (Å²) in [4.78, 5) is 76.0. The van der Waals surface area contributed by atoms with E-state index in [1.165, 1.54) is 36.3 Å². The number of fused-ring (bicyclic) bond motifs is 1. The van der Waals surface area contributed by atoms with E-state index in [1.807, 2.05) is 0 Å². The molecule has 284 valence electrons. The van der Waals surface area contributed by atoms with Crippen LogP contribution in [0.1, 0.15) is 61.3 Å². The number of thiazole rings is 1. The second-order valence-corrected chi connectivity index (χ2v) is 16.2. The predicted molar refractivity (Wildman–Crippen MR) is 198 cm³/mol. The van der Waals surface area contributed by atoms with Crippen LogP contribution >= 0.6 is 11.3 Å². The molecule has 4 amide bonds. The first-order chi connectivity index (χ1) is 24.7. The highest BCUT2D eigenvalue weighted by molar-refractivity contribution is 7.14. The average Bonchev–Trinajstić information content (AvgIpc) is 3.34. The van der Waals surface area contributed by atoms with E-state index in [0.29, 0.717) is 38.9 Å². The molecule has 0 radical (unpaired) electrons. The van der Waals surface area contributed by atoms with Crippen LogP contribution in [0.3, 0.4) is 0 Å². The number of alkyl carbamates (subject to hydrolysis) is 1. The number of hydrogen-bond acceptors (Lipinski definition) is 11. The number of aromatic nitrogens is 2. The number of carboxylic acids is 1. The fraction of sp³-hybridized carbons (Fsp3) is 0.486. The maximum atomic E-state index is 14.5. The summed E-state index contributed by atoms with van der Waals surface area (Å²) in [6.07, 6.45) is 0.108. The molecule has 1 unspecified atom stereocenters. The minimum absolute atomic E-state index is 0.00795. The molecular weight excluding hydrogens is 705 g/mol. The Hall–Kier alpha value is -5.25. The Morgan fingerprint density at radius 3 is 2.40 bits per heavy atom. The number of aliphatic carboxylic acids is 1. The molecule has 1 saturated carbocycles. The molecule has 0 bridgehead atoms. The van der Waals surface area contributed by atoms with Gasteiger partial charge in [-0.15, -0.1) is 17.9 Å². The molecule has 5 atom stereocenters. The number of carbonyl (C=O) groups is 5. The van der Waals surface area contributed by atoms with Gasteiger partial charge in [-0.25, -0.2) is 19.6 Å². The van der Waals surface area contributed by atoms with Gasteiger partial charge in [0.05, 0.1) is 24.9 Å². The Morgan fingerprint density at radius 1 is 1.09 bits per heavy atom. The van der Waals surface area contributed by atoms with Gasteiger partial charge in [0.25, 0.3) is 0 Å². The number of pyridine rings is 1. The molecule has 3 heterocycles. The minimum atomic E-state index is -1.54. The summed E-state index contributed by atoms with van der Waals surface area (Å²) in [5, 5.41) is 20.8. The number of nitrogens with zero attached hydrogens (tertiary/aromatic N) is 3. The van der Waals surface area contributed by atoms with Gasteiger partial charge < -0.3 is 40.2 Å². The van der Waals surface area contributed by atoms with Crippen molar-refractivity contribution in [3.63, 3.8) is 0 Å². The standard InChI is InChI=1S/C37H46N6O9S/c1-10-20-16-37(20,32(47)48)42-30(45)27-14-22(17-43(27)31(46)29(35(3,4)5)41-34(49)52-36(6,7)8)51-28-15-25(26-18-53-33(40-26)38-19(2)44)39-24-13-21(50-9)11-12-23(24)28/h10-13,15,18,20,22,27,29H,1,14,16-17H2,2-9H3,(H,41,49)(H,42,45)(H,47,48)(H,38,40,44)/t20-,22+,27-,29+,37?/m0/s1. The molecule has 1 aliphatic carbocycles. The number of nitrogens with one attached hydrogen (secondary N) is 3. The number of ether oxygens (including phenoxy) is 3. The number of benzene rings is 1. The maximum Gasteiger partial charge on any atom is 0.408 e. The Balaban J connectivity index is 1.51. The topological polar surface area (TPSA) is 198 Å². The molecule has 5 rings (SSSR count). The van der Waals surface area contributed by atoms with E-state index in [4.69, 9.17) is 19.2 Å². The second kappa shape index (κ2) is 14.6. The lowest BCUT2D eigenvalue weighted by Gasteiger charge is -2.35. The number of likely N-dealkylation sites (tertiary alicyclic amines) is 1. The fourth-order valence-electron chi connectivity index (χ4n) is 6.24. The van der Waals surface area contributed by atoms with Crippen LogP contribution in [0, 0.1) is 11.3 Å². The van der Waals surface area contributed by atoms with E-state index in [0.717, 1.165) is 0 Å². The number of rotatable bonds is 11. The molecule has 4 N–H and O–H groups in total. The largest absolute Gasteiger partial charge is 0.497 e. The Kier molecular flexibility index (Phi) is 10.8. The normalized spacial score (nSPS) is 21.7. The second-order valence-electron chi connectivity index (χ2n) is 15.3. The van der Waals surface area contributed by atoms with Crippen LogP contribution in [-0.2, 0) is 23.9 Å².